The molecule has 104 valence electrons. The van der Waals surface area contributed by atoms with Crippen LogP contribution in [0.25, 0.3) is 0 Å². The maximum atomic E-state index is 13.6. The first-order valence-corrected chi connectivity index (χ1v) is 6.05. The number of anilines is 1. The standard InChI is InChI=1S/C12H14F2N2O2S/c1-2-18-9(17)5-6-16-8-4-3-7(12(15)19)10(13)11(8)14/h3-4,16H,2,5-6H2,1H3,(H2,15,19). The molecular formula is C12H14F2N2O2S. The minimum absolute atomic E-state index is 0.0539. The summed E-state index contributed by atoms with van der Waals surface area (Å²) in [4.78, 5) is 10.9. The van der Waals surface area contributed by atoms with Gasteiger partial charge in [0.15, 0.2) is 11.6 Å². The molecule has 0 aliphatic carbocycles. The summed E-state index contributed by atoms with van der Waals surface area (Å²) in [7, 11) is 0. The second-order valence-electron chi connectivity index (χ2n) is 3.63. The molecule has 0 aliphatic rings. The molecule has 0 aliphatic heterocycles. The zero-order valence-corrected chi connectivity index (χ0v) is 11.2. The molecule has 0 bridgehead atoms. The third-order valence-corrected chi connectivity index (χ3v) is 2.52. The van der Waals surface area contributed by atoms with E-state index in [-0.39, 0.29) is 35.8 Å². The van der Waals surface area contributed by atoms with Crippen LogP contribution in [-0.4, -0.2) is 24.1 Å². The van der Waals surface area contributed by atoms with Crippen molar-refractivity contribution in [2.24, 2.45) is 5.73 Å². The van der Waals surface area contributed by atoms with E-state index in [4.69, 9.17) is 10.5 Å². The molecular weight excluding hydrogens is 274 g/mol. The number of thiocarbonyl (C=S) groups is 1. The van der Waals surface area contributed by atoms with Crippen molar-refractivity contribution in [2.75, 3.05) is 18.5 Å². The molecule has 0 aromatic heterocycles. The summed E-state index contributed by atoms with van der Waals surface area (Å²) in [5.74, 6) is -2.58. The molecule has 1 rings (SSSR count). The first-order valence-electron chi connectivity index (χ1n) is 5.64. The summed E-state index contributed by atoms with van der Waals surface area (Å²) in [6, 6.07) is 2.60. The highest BCUT2D eigenvalue weighted by Crippen LogP contribution is 2.20. The maximum absolute atomic E-state index is 13.6. The quantitative estimate of drug-likeness (QED) is 0.619. The van der Waals surface area contributed by atoms with Crippen molar-refractivity contribution in [3.8, 4) is 0 Å². The van der Waals surface area contributed by atoms with Crippen molar-refractivity contribution in [3.63, 3.8) is 0 Å². The summed E-state index contributed by atoms with van der Waals surface area (Å²) in [5.41, 5.74) is 5.05. The lowest BCUT2D eigenvalue weighted by molar-refractivity contribution is -0.142. The van der Waals surface area contributed by atoms with Crippen LogP contribution in [0.15, 0.2) is 12.1 Å². The lowest BCUT2D eigenvalue weighted by Crippen LogP contribution is -2.15. The number of carbonyl (C=O) groups is 1. The van der Waals surface area contributed by atoms with Gasteiger partial charge in [0.05, 0.1) is 18.7 Å². The number of rotatable bonds is 6. The average Bonchev–Trinajstić information content (AvgIpc) is 2.34. The topological polar surface area (TPSA) is 64.3 Å². The van der Waals surface area contributed by atoms with Gasteiger partial charge in [-0.15, -0.1) is 0 Å². The first kappa shape index (κ1) is 15.3. The Bertz CT molecular complexity index is 495. The third-order valence-electron chi connectivity index (χ3n) is 2.30. The van der Waals surface area contributed by atoms with Crippen molar-refractivity contribution in [1.82, 2.24) is 0 Å². The van der Waals surface area contributed by atoms with Gasteiger partial charge in [-0.25, -0.2) is 8.78 Å². The lowest BCUT2D eigenvalue weighted by atomic mass is 10.1. The van der Waals surface area contributed by atoms with Gasteiger partial charge in [-0.3, -0.25) is 4.79 Å². The number of carbonyl (C=O) groups excluding carboxylic acids is 1. The van der Waals surface area contributed by atoms with E-state index < -0.39 is 17.6 Å². The predicted molar refractivity (Wildman–Crippen MR) is 72.0 cm³/mol. The average molecular weight is 288 g/mol. The number of hydrogen-bond acceptors (Lipinski definition) is 4. The Balaban J connectivity index is 2.68. The molecule has 0 spiro atoms. The van der Waals surface area contributed by atoms with Crippen molar-refractivity contribution >= 4 is 28.9 Å². The molecule has 0 unspecified atom stereocenters. The molecule has 1 aromatic carbocycles. The molecule has 4 nitrogen and oxygen atoms in total. The summed E-state index contributed by atoms with van der Waals surface area (Å²) in [5, 5.41) is 2.61. The van der Waals surface area contributed by atoms with Crippen LogP contribution in [0.5, 0.6) is 0 Å². The van der Waals surface area contributed by atoms with E-state index in [0.717, 1.165) is 0 Å². The normalized spacial score (nSPS) is 10.1. The van der Waals surface area contributed by atoms with Crippen molar-refractivity contribution in [3.05, 3.63) is 29.3 Å². The van der Waals surface area contributed by atoms with Crippen molar-refractivity contribution in [1.29, 1.82) is 0 Å². The molecule has 0 atom stereocenters. The van der Waals surface area contributed by atoms with Crippen molar-refractivity contribution in [2.45, 2.75) is 13.3 Å². The van der Waals surface area contributed by atoms with E-state index in [9.17, 15) is 13.6 Å². The number of benzene rings is 1. The van der Waals surface area contributed by atoms with Crippen LogP contribution in [0.3, 0.4) is 0 Å². The Kier molecular flexibility index (Phi) is 5.62. The minimum atomic E-state index is -1.10. The number of esters is 1. The number of halogens is 2. The molecule has 7 heteroatoms. The number of nitrogens with one attached hydrogen (secondary N) is 1. The van der Waals surface area contributed by atoms with Crippen LogP contribution >= 0.6 is 12.2 Å². The van der Waals surface area contributed by atoms with E-state index in [2.05, 4.69) is 17.5 Å². The third kappa shape index (κ3) is 4.13. The summed E-state index contributed by atoms with van der Waals surface area (Å²) in [6.45, 7) is 2.11. The molecule has 3 N–H and O–H groups in total. The van der Waals surface area contributed by atoms with Gasteiger partial charge in [-0.05, 0) is 19.1 Å². The van der Waals surface area contributed by atoms with Crippen LogP contribution < -0.4 is 11.1 Å². The van der Waals surface area contributed by atoms with Crippen LogP contribution in [0.4, 0.5) is 14.5 Å². The fourth-order valence-electron chi connectivity index (χ4n) is 1.41. The molecule has 0 saturated carbocycles. The van der Waals surface area contributed by atoms with Gasteiger partial charge in [0.2, 0.25) is 0 Å². The largest absolute Gasteiger partial charge is 0.466 e. The van der Waals surface area contributed by atoms with Gasteiger partial charge < -0.3 is 15.8 Å². The number of hydrogen-bond donors (Lipinski definition) is 2. The van der Waals surface area contributed by atoms with Crippen molar-refractivity contribution < 1.29 is 18.3 Å². The lowest BCUT2D eigenvalue weighted by Gasteiger charge is -2.09. The molecule has 1 aromatic rings. The molecule has 0 amide bonds. The van der Waals surface area contributed by atoms with Crippen LogP contribution in [0, 0.1) is 11.6 Å². The van der Waals surface area contributed by atoms with Gasteiger partial charge in [0.1, 0.15) is 4.99 Å². The zero-order valence-electron chi connectivity index (χ0n) is 10.3. The zero-order chi connectivity index (χ0) is 14.4. The van der Waals surface area contributed by atoms with E-state index in [1.807, 2.05) is 0 Å². The molecule has 0 fully saturated rings. The first-order chi connectivity index (χ1) is 8.97. The van der Waals surface area contributed by atoms with E-state index in [1.165, 1.54) is 12.1 Å². The van der Waals surface area contributed by atoms with Crippen LogP contribution in [-0.2, 0) is 9.53 Å². The van der Waals surface area contributed by atoms with Crippen LogP contribution in [0.1, 0.15) is 18.9 Å². The Labute approximate surface area is 114 Å². The number of nitrogens with two attached hydrogens (primary N) is 1. The van der Waals surface area contributed by atoms with Gasteiger partial charge in [-0.2, -0.15) is 0 Å². The maximum Gasteiger partial charge on any atom is 0.307 e. The van der Waals surface area contributed by atoms with E-state index in [1.54, 1.807) is 6.92 Å². The van der Waals surface area contributed by atoms with E-state index in [0.29, 0.717) is 0 Å². The van der Waals surface area contributed by atoms with Gasteiger partial charge in [-0.1, -0.05) is 12.2 Å². The molecule has 0 saturated heterocycles. The minimum Gasteiger partial charge on any atom is -0.466 e. The molecule has 19 heavy (non-hydrogen) atoms. The van der Waals surface area contributed by atoms with E-state index >= 15 is 0 Å². The highest BCUT2D eigenvalue weighted by molar-refractivity contribution is 7.80. The van der Waals surface area contributed by atoms with Gasteiger partial charge in [0.25, 0.3) is 0 Å². The molecule has 0 radical (unpaired) electrons. The molecule has 0 heterocycles. The summed E-state index contributed by atoms with van der Waals surface area (Å²) < 4.78 is 31.9. The summed E-state index contributed by atoms with van der Waals surface area (Å²) in [6.07, 6.45) is 0.0615. The highest BCUT2D eigenvalue weighted by Gasteiger charge is 2.14. The Hall–Kier alpha value is -1.76. The fourth-order valence-corrected chi connectivity index (χ4v) is 1.57. The smallest absolute Gasteiger partial charge is 0.307 e. The van der Waals surface area contributed by atoms with Gasteiger partial charge >= 0.3 is 5.97 Å². The highest BCUT2D eigenvalue weighted by atomic mass is 32.1. The van der Waals surface area contributed by atoms with Gasteiger partial charge in [0, 0.05) is 12.1 Å². The number of ether oxygens (including phenoxy) is 1. The fraction of sp³-hybridized carbons (Fsp3) is 0.333. The Morgan fingerprint density at radius 2 is 2.11 bits per heavy atom. The monoisotopic (exact) mass is 288 g/mol. The second kappa shape index (κ2) is 6.98. The Morgan fingerprint density at radius 3 is 2.68 bits per heavy atom. The summed E-state index contributed by atoms with van der Waals surface area (Å²) >= 11 is 4.59. The van der Waals surface area contributed by atoms with Crippen LogP contribution in [0.2, 0.25) is 0 Å². The Morgan fingerprint density at radius 1 is 1.42 bits per heavy atom. The SMILES string of the molecule is CCOC(=O)CCNc1ccc(C(N)=S)c(F)c1F. The predicted octanol–water partition coefficient (Wildman–Crippen LogP) is 1.96. The second-order valence-corrected chi connectivity index (χ2v) is 4.07.